The van der Waals surface area contributed by atoms with Gasteiger partial charge in [-0.15, -0.1) is 11.3 Å². The quantitative estimate of drug-likeness (QED) is 0.0840. The molecule has 17 unspecified atom stereocenters. The van der Waals surface area contributed by atoms with Crippen LogP contribution in [0, 0.1) is 63.1 Å². The molecule has 10 aliphatic carbocycles. The highest BCUT2D eigenvalue weighted by atomic mass is 32.2. The average molecular weight is 1900 g/mol. The Morgan fingerprint density at radius 3 is 1.28 bits per heavy atom. The second kappa shape index (κ2) is 38.1. The lowest BCUT2D eigenvalue weighted by molar-refractivity contribution is -0.145. The van der Waals surface area contributed by atoms with Crippen LogP contribution in [-0.4, -0.2) is 183 Å². The van der Waals surface area contributed by atoms with E-state index in [1.54, 1.807) is 21.1 Å². The molecule has 5 aromatic rings. The molecule has 17 atom stereocenters. The van der Waals surface area contributed by atoms with Crippen LogP contribution in [-0.2, 0) is 112 Å². The number of nitrogens with one attached hydrogen (secondary N) is 2. The Kier molecular flexibility index (Phi) is 27.2. The van der Waals surface area contributed by atoms with E-state index >= 15 is 0 Å². The predicted molar refractivity (Wildman–Crippen MR) is 485 cm³/mol. The van der Waals surface area contributed by atoms with Gasteiger partial charge in [0.25, 0.3) is 0 Å². The molecule has 0 bridgehead atoms. The number of aromatic nitrogens is 4. The summed E-state index contributed by atoms with van der Waals surface area (Å²) in [5.74, 6) is 9.85. The number of thiophene rings is 1. The van der Waals surface area contributed by atoms with Crippen molar-refractivity contribution in [2.45, 2.75) is 331 Å². The first-order valence-corrected chi connectivity index (χ1v) is 53.3. The van der Waals surface area contributed by atoms with Gasteiger partial charge in [0.15, 0.2) is 0 Å². The number of amides is 4. The van der Waals surface area contributed by atoms with Gasteiger partial charge >= 0.3 is 24.7 Å². The van der Waals surface area contributed by atoms with Crippen molar-refractivity contribution in [2.24, 2.45) is 63.1 Å². The number of hydrogen-bond acceptors (Lipinski definition) is 14. The molecule has 12 heterocycles. The summed E-state index contributed by atoms with van der Waals surface area (Å²) >= 11 is 1.77. The van der Waals surface area contributed by atoms with Crippen molar-refractivity contribution in [3.8, 4) is 0 Å². The van der Waals surface area contributed by atoms with Crippen molar-refractivity contribution in [1.82, 2.24) is 60.0 Å². The Hall–Kier alpha value is -6.80. The van der Waals surface area contributed by atoms with Crippen LogP contribution in [0.1, 0.15) is 284 Å². The monoisotopic (exact) mass is 1900 g/mol. The number of likely N-dealkylation sites (tertiary alicyclic amines) is 2. The largest absolute Gasteiger partial charge is 0.417 e. The van der Waals surface area contributed by atoms with Gasteiger partial charge in [-0.2, -0.15) is 52.7 Å². The number of halogens is 12. The SMILES string of the molecule is C=S1(=O)CCC(NC2CC3CCCC3(C(=O)N3CCc4ncc(C(F)(F)F)cc4C3)C2)C1.O=C(N1CCc2ncc(C(F)(F)F)cc2C1)C12CCCC1CC(N1CCC3CCCCC3C1)C2.O=C(N1CCc2ncc(C(F)(F)F)cc2C1)C12CCCC1CC(N1CCCC1C1CCCCC1)C2.O=C(N1CCc2ncc(C(F)(F)F)cc2C1)C12CCCC1CC(NCCc1cccs1)C2. The standard InChI is InChI=1S/C28H38F3N3O.C27H36F3N3O.C24H28F3N3OS.C23H30F3N3O2S/c29-28(30,31)22-14-20-18-33(13-10-24(20)32-17-22)26(35)27-11-4-8-21(27)15-23(16-27)34-12-5-9-25(34)19-6-2-1-3-7-19;28-27(29,30)22-12-20-17-33(11-8-24(20)31-15-22)25(34)26-9-3-6-21(26)13-23(14-26)32-10-7-18-4-1-2-5-19(18)16-32;25-24(26,27)18-11-16-15-30(9-6-21(16)29-14-18)22(31)23-7-1-3-17(23)12-19(13-23)28-8-5-20-4-2-10-32-20;1-32(31)8-5-18(14-32)28-19-10-16-3-2-6-22(16,11-19)21(30)29-7-4-20-15(13-29)9-17(12-27-20)23(24,25)26/h14,17,19,21,23,25H,1-13,15-16,18H2;12,15,18-19,21,23H,1-11,13-14,16-17H2;2,4,10-11,14,17,19,28H,1,3,5-9,12-13,15H2;9,12,16,18-19,28H,1-8,10-11,13-14H2. The van der Waals surface area contributed by atoms with Crippen LogP contribution in [0.2, 0.25) is 0 Å². The van der Waals surface area contributed by atoms with Crippen LogP contribution in [0.25, 0.3) is 0 Å². The van der Waals surface area contributed by atoms with E-state index in [-0.39, 0.29) is 78.1 Å². The smallest absolute Gasteiger partial charge is 0.337 e. The van der Waals surface area contributed by atoms with Crippen molar-refractivity contribution in [1.29, 1.82) is 0 Å². The Balaban J connectivity index is 0.000000114. The van der Waals surface area contributed by atoms with E-state index in [4.69, 9.17) is 0 Å². The molecule has 0 aromatic carbocycles. The van der Waals surface area contributed by atoms with Crippen LogP contribution in [0.4, 0.5) is 52.7 Å². The van der Waals surface area contributed by atoms with Crippen molar-refractivity contribution >= 4 is 50.4 Å². The molecule has 133 heavy (non-hydrogen) atoms. The van der Waals surface area contributed by atoms with Crippen molar-refractivity contribution < 1.29 is 76.1 Å². The van der Waals surface area contributed by atoms with E-state index < -0.39 is 61.9 Å². The van der Waals surface area contributed by atoms with E-state index in [0.717, 1.165) is 196 Å². The molecule has 17 nitrogen and oxygen atoms in total. The molecule has 31 heteroatoms. The molecule has 3 saturated heterocycles. The van der Waals surface area contributed by atoms with Gasteiger partial charge in [0.1, 0.15) is 0 Å². The summed E-state index contributed by atoms with van der Waals surface area (Å²) < 4.78 is 171. The Morgan fingerprint density at radius 2 is 0.842 bits per heavy atom. The van der Waals surface area contributed by atoms with Crippen molar-refractivity contribution in [3.05, 3.63) is 139 Å². The predicted octanol–water partition coefficient (Wildman–Crippen LogP) is 19.3. The summed E-state index contributed by atoms with van der Waals surface area (Å²) in [6, 6.07) is 11.4. The highest BCUT2D eigenvalue weighted by Gasteiger charge is 2.62. The fourth-order valence-electron chi connectivity index (χ4n) is 29.5. The number of alkyl halides is 12. The number of carbonyl (C=O) groups is 4. The highest BCUT2D eigenvalue weighted by molar-refractivity contribution is 8.00. The van der Waals surface area contributed by atoms with E-state index in [2.05, 4.69) is 63.8 Å². The zero-order valence-corrected chi connectivity index (χ0v) is 78.3. The number of piperidine rings is 1. The minimum atomic E-state index is -4.44. The average Bonchev–Trinajstić information content (AvgIpc) is 1.57. The molecule has 13 fully saturated rings. The van der Waals surface area contributed by atoms with Gasteiger partial charge in [-0.05, 0) is 282 Å². The third-order valence-corrected chi connectivity index (χ3v) is 38.8. The number of rotatable bonds is 13. The summed E-state index contributed by atoms with van der Waals surface area (Å²) in [6.45, 7) is 7.58. The molecule has 17 aliphatic rings. The summed E-state index contributed by atoms with van der Waals surface area (Å²) in [5.41, 5.74) is 0.610. The summed E-state index contributed by atoms with van der Waals surface area (Å²) in [7, 11) is -1.97. The van der Waals surface area contributed by atoms with Gasteiger partial charge in [0.2, 0.25) is 23.6 Å². The van der Waals surface area contributed by atoms with Gasteiger partial charge in [-0.1, -0.05) is 70.3 Å². The van der Waals surface area contributed by atoms with E-state index in [1.807, 2.05) is 9.80 Å². The molecule has 2 N–H and O–H groups in total. The van der Waals surface area contributed by atoms with Crippen molar-refractivity contribution in [3.63, 3.8) is 0 Å². The molecule has 22 rings (SSSR count). The molecule has 7 aliphatic heterocycles. The fraction of sp³-hybridized carbons (Fsp3) is 0.716. The molecule has 0 spiro atoms. The third-order valence-electron chi connectivity index (χ3n) is 35.9. The molecular weight excluding hydrogens is 1770 g/mol. The second-order valence-corrected chi connectivity index (χ2v) is 47.1. The number of carbonyl (C=O) groups excluding carboxylic acids is 4. The Labute approximate surface area is 778 Å². The Bertz CT molecular complexity index is 5170. The van der Waals surface area contributed by atoms with E-state index in [9.17, 15) is 76.1 Å². The lowest BCUT2D eigenvalue weighted by Crippen LogP contribution is -2.48. The molecular formula is C102H132F12N12O5S2. The van der Waals surface area contributed by atoms with Crippen LogP contribution in [0.15, 0.2) is 66.6 Å². The van der Waals surface area contributed by atoms with Crippen LogP contribution >= 0.6 is 11.3 Å². The van der Waals surface area contributed by atoms with Crippen LogP contribution < -0.4 is 10.6 Å². The van der Waals surface area contributed by atoms with Gasteiger partial charge in [-0.3, -0.25) is 48.2 Å². The zero-order chi connectivity index (χ0) is 92.8. The molecule has 4 amide bonds. The maximum atomic E-state index is 14.1. The van der Waals surface area contributed by atoms with Gasteiger partial charge in [0, 0.05) is 191 Å². The lowest BCUT2D eigenvalue weighted by atomic mass is 9.74. The summed E-state index contributed by atoms with van der Waals surface area (Å²) in [5, 5.41) is 9.42. The molecule has 0 radical (unpaired) electrons. The fourth-order valence-corrected chi connectivity index (χ4v) is 32.0. The Morgan fingerprint density at radius 1 is 0.436 bits per heavy atom. The van der Waals surface area contributed by atoms with Crippen molar-refractivity contribution in [2.75, 3.05) is 63.9 Å². The first kappa shape index (κ1) is 95.1. The molecule has 5 aromatic heterocycles. The molecule has 726 valence electrons. The second-order valence-electron chi connectivity index (χ2n) is 43.4. The third kappa shape index (κ3) is 19.6. The first-order chi connectivity index (χ1) is 63.6. The van der Waals surface area contributed by atoms with E-state index in [1.165, 1.54) is 120 Å². The minimum Gasteiger partial charge on any atom is -0.337 e. The topological polar surface area (TPSA) is 180 Å². The van der Waals surface area contributed by atoms with Crippen LogP contribution in [0.3, 0.4) is 0 Å². The van der Waals surface area contributed by atoms with Gasteiger partial charge in [0.05, 0.1) is 43.9 Å². The van der Waals surface area contributed by atoms with Gasteiger partial charge < -0.3 is 35.1 Å². The maximum Gasteiger partial charge on any atom is 0.417 e. The number of nitrogens with zero attached hydrogens (tertiary/aromatic N) is 10. The summed E-state index contributed by atoms with van der Waals surface area (Å²) in [4.78, 5) is 86.1. The number of fused-ring (bicyclic) bond motifs is 9. The number of hydrogen-bond donors (Lipinski definition) is 2. The van der Waals surface area contributed by atoms with Gasteiger partial charge in [-0.25, -0.2) is 0 Å². The minimum absolute atomic E-state index is 0.0970. The lowest BCUT2D eigenvalue weighted by Gasteiger charge is -2.44. The molecule has 10 saturated carbocycles. The maximum absolute atomic E-state index is 14.1. The highest BCUT2D eigenvalue weighted by Crippen LogP contribution is 2.62. The summed E-state index contributed by atoms with van der Waals surface area (Å²) in [6.07, 6.45) is 26.1. The first-order valence-electron chi connectivity index (χ1n) is 50.3. The van der Waals surface area contributed by atoms with E-state index in [0.29, 0.717) is 156 Å². The number of pyridine rings is 4. The van der Waals surface area contributed by atoms with Crippen LogP contribution in [0.5, 0.6) is 0 Å². The zero-order valence-electron chi connectivity index (χ0n) is 76.7. The normalized spacial score (nSPS) is 33.7.